The number of carbonyl (C=O) groups excluding carboxylic acids is 10. The van der Waals surface area contributed by atoms with Crippen molar-refractivity contribution in [2.24, 2.45) is 17.6 Å². The van der Waals surface area contributed by atoms with Gasteiger partial charge in [-0.1, -0.05) is 78.8 Å². The number of imidazole rings is 1. The van der Waals surface area contributed by atoms with Crippen LogP contribution in [0.2, 0.25) is 0 Å². The van der Waals surface area contributed by atoms with Crippen LogP contribution >= 0.6 is 11.8 Å². The minimum absolute atomic E-state index is 0.00542. The number of nitrogens with two attached hydrogens (primary N) is 1. The number of carbonyl (C=O) groups is 10. The van der Waals surface area contributed by atoms with E-state index in [9.17, 15) is 58.2 Å². The number of ether oxygens (including phenoxy) is 5. The van der Waals surface area contributed by atoms with Crippen molar-refractivity contribution in [2.75, 3.05) is 101 Å². The first-order valence-electron chi connectivity index (χ1n) is 34.9. The number of hydrogen-bond acceptors (Lipinski definition) is 19. The highest BCUT2D eigenvalue weighted by Crippen LogP contribution is 2.48. The minimum Gasteiger partial charge on any atom is -0.508 e. The molecule has 8 rings (SSSR count). The Balaban J connectivity index is 0.837. The van der Waals surface area contributed by atoms with Crippen molar-refractivity contribution >= 4 is 105 Å². The molecule has 560 valence electrons. The summed E-state index contributed by atoms with van der Waals surface area (Å²) < 4.78 is 29.9. The zero-order valence-corrected chi connectivity index (χ0v) is 61.1. The number of primary amides is 1. The van der Waals surface area contributed by atoms with Gasteiger partial charge in [0.2, 0.25) is 23.6 Å². The molecule has 104 heavy (non-hydrogen) atoms. The van der Waals surface area contributed by atoms with Crippen molar-refractivity contribution < 1.29 is 81.8 Å². The van der Waals surface area contributed by atoms with Crippen molar-refractivity contribution in [1.82, 2.24) is 40.0 Å². The van der Waals surface area contributed by atoms with Crippen LogP contribution in [0.5, 0.6) is 11.5 Å². The van der Waals surface area contributed by atoms with E-state index in [-0.39, 0.29) is 138 Å². The number of nitrogens with zero attached hydrogens (tertiary/aromatic N) is 6. The second kappa shape index (κ2) is 37.4. The van der Waals surface area contributed by atoms with Gasteiger partial charge in [-0.2, -0.15) is 0 Å². The minimum atomic E-state index is -1.16. The summed E-state index contributed by atoms with van der Waals surface area (Å²) in [5.41, 5.74) is 9.87. The van der Waals surface area contributed by atoms with Gasteiger partial charge in [0, 0.05) is 92.0 Å². The first-order valence-corrected chi connectivity index (χ1v) is 35.8. The number of benzene rings is 4. The van der Waals surface area contributed by atoms with Gasteiger partial charge in [0.05, 0.1) is 56.2 Å². The molecule has 2 aliphatic heterocycles. The number of amides is 11. The predicted molar refractivity (Wildman–Crippen MR) is 392 cm³/mol. The summed E-state index contributed by atoms with van der Waals surface area (Å²) in [5.74, 6) is -2.44. The maximum Gasteiger partial charge on any atom is 0.415 e. The third kappa shape index (κ3) is 22.0. The van der Waals surface area contributed by atoms with Crippen LogP contribution in [0.1, 0.15) is 130 Å². The molecule has 1 unspecified atom stereocenters. The molecule has 2 aliphatic rings. The molecule has 2 aromatic heterocycles. The number of pyridine rings is 1. The van der Waals surface area contributed by atoms with E-state index in [0.29, 0.717) is 58.1 Å². The lowest BCUT2D eigenvalue weighted by molar-refractivity contribution is -0.139. The quantitative estimate of drug-likeness (QED) is 0.0135. The number of rotatable bonds is 36. The molecule has 0 aliphatic carbocycles. The van der Waals surface area contributed by atoms with E-state index in [4.69, 9.17) is 29.4 Å². The molecule has 0 bridgehead atoms. The molecule has 1 fully saturated rings. The Bertz CT molecular complexity index is 4040. The van der Waals surface area contributed by atoms with Crippen LogP contribution in [0.3, 0.4) is 0 Å². The lowest BCUT2D eigenvalue weighted by Gasteiger charge is -2.27. The van der Waals surface area contributed by atoms with E-state index in [1.165, 1.54) is 57.8 Å². The number of imide groups is 1. The number of fused-ring (bicyclic) bond motifs is 4. The molecule has 4 heterocycles. The van der Waals surface area contributed by atoms with Crippen LogP contribution in [0.25, 0.3) is 16.4 Å². The number of nitrogens with one attached hydrogen (secondary N) is 5. The molecule has 9 N–H and O–H groups in total. The molecule has 1 saturated heterocycles. The number of aliphatic hydroxyl groups excluding tert-OH is 1. The summed E-state index contributed by atoms with van der Waals surface area (Å²) in [4.78, 5) is 144. The number of thioether (sulfide) groups is 1. The van der Waals surface area contributed by atoms with Crippen LogP contribution in [0.15, 0.2) is 97.3 Å². The predicted octanol–water partition coefficient (Wildman–Crippen LogP) is 8.70. The van der Waals surface area contributed by atoms with Crippen molar-refractivity contribution in [1.29, 1.82) is 0 Å². The van der Waals surface area contributed by atoms with Gasteiger partial charge in [-0.25, -0.2) is 24.2 Å². The average Bonchev–Trinajstić information content (AvgIpc) is 1.54. The Morgan fingerprint density at radius 1 is 0.808 bits per heavy atom. The third-order valence-electron chi connectivity index (χ3n) is 17.8. The van der Waals surface area contributed by atoms with Crippen LogP contribution in [0.4, 0.5) is 36.2 Å². The van der Waals surface area contributed by atoms with Crippen LogP contribution in [-0.2, 0) is 44.7 Å². The zero-order valence-electron chi connectivity index (χ0n) is 60.3. The SMILES string of the molecule is CC[C@@H]1CN(C(=O)c2cn3cc(NC(=O)c4ccc(O)cc4)ccc3n2)c2cc(OC(=O)N(CCOCCO)CCN(C)C(=O)OCc3ccc(NC(=O)[C@H](CCCNC(N)=O)NC(=O)[C@@H](NC(=O)OCCOCCN4C(=O)CC(SC(C)(C)CCC(C)C)C4=O)C(C)C)cc3)c3cccc(C)c3c21. The first-order chi connectivity index (χ1) is 49.6. The molecular weight excluding hydrogens is 1360 g/mol. The normalized spacial score (nSPS) is 14.8. The van der Waals surface area contributed by atoms with E-state index < -0.39 is 71.2 Å². The number of phenols is 1. The maximum atomic E-state index is 14.7. The number of aryl methyl sites for hydroxylation is 1. The number of aromatic hydroxyl groups is 1. The molecular formula is C74H96N12O17S. The van der Waals surface area contributed by atoms with Crippen LogP contribution < -0.4 is 42.0 Å². The molecule has 0 radical (unpaired) electrons. The standard InChI is InChI=1S/C74H96N12O17S/c1-10-49-41-86(68(93)56-43-84-42-52(22-25-60(84)79-56)78-65(90)50-18-23-53(88)24-19-50)57-39-58(54-14-11-13-47(6)62(54)63(49)57)103-73(98)83(31-34-99-36-33-87)30-29-82(9)72(97)102-44-48-16-20-51(21-17-48)77-66(91)55(15-12-28-76-70(75)95)80-67(92)64(46(4)5)81-71(96)101-38-37-100-35-32-85-61(89)40-59(69(85)94)104-74(7,8)27-26-45(2)3/h11,13-14,16-25,39,42-43,45-46,49,55,59,64,87-88H,10,12,15,26-38,40-41,44H2,1-9H3,(H,77,91)(H,78,90)(H,80,92)(H,81,96)(H3,75,76,95)/t49-,55+,59?,64+/m1/s1. The Morgan fingerprint density at radius 2 is 1.54 bits per heavy atom. The van der Waals surface area contributed by atoms with E-state index >= 15 is 0 Å². The highest BCUT2D eigenvalue weighted by molar-refractivity contribution is 8.02. The fourth-order valence-corrected chi connectivity index (χ4v) is 13.5. The summed E-state index contributed by atoms with van der Waals surface area (Å²) in [6, 6.07) is 19.8. The topological polar surface area (TPSA) is 374 Å². The van der Waals surface area contributed by atoms with E-state index in [0.717, 1.165) is 29.4 Å². The van der Waals surface area contributed by atoms with Gasteiger partial charge in [0.1, 0.15) is 48.1 Å². The highest BCUT2D eigenvalue weighted by atomic mass is 32.2. The molecule has 0 spiro atoms. The number of aromatic nitrogens is 2. The summed E-state index contributed by atoms with van der Waals surface area (Å²) >= 11 is 1.52. The van der Waals surface area contributed by atoms with Crippen LogP contribution in [-0.4, -0.2) is 202 Å². The van der Waals surface area contributed by atoms with Crippen molar-refractivity contribution in [3.05, 3.63) is 125 Å². The fraction of sp³-hybridized carbons (Fsp3) is 0.473. The van der Waals surface area contributed by atoms with Gasteiger partial charge < -0.3 is 85.3 Å². The lowest BCUT2D eigenvalue weighted by Crippen LogP contribution is -2.54. The first kappa shape index (κ1) is 79.7. The Morgan fingerprint density at radius 3 is 2.24 bits per heavy atom. The number of alkyl carbamates (subject to hydrolysis) is 1. The van der Waals surface area contributed by atoms with Crippen molar-refractivity contribution in [2.45, 2.75) is 129 Å². The van der Waals surface area contributed by atoms with Crippen LogP contribution in [0, 0.1) is 18.8 Å². The van der Waals surface area contributed by atoms with E-state index in [1.807, 2.05) is 32.0 Å². The Labute approximate surface area is 608 Å². The average molecular weight is 1460 g/mol. The maximum absolute atomic E-state index is 14.7. The van der Waals surface area contributed by atoms with Gasteiger partial charge in [-0.05, 0) is 121 Å². The molecule has 29 nitrogen and oxygen atoms in total. The smallest absolute Gasteiger partial charge is 0.415 e. The Hall–Kier alpha value is -10.0. The Kier molecular flexibility index (Phi) is 28.7. The second-order valence-corrected chi connectivity index (χ2v) is 28.9. The summed E-state index contributed by atoms with van der Waals surface area (Å²) in [7, 11) is 1.50. The van der Waals surface area contributed by atoms with Gasteiger partial charge in [0.25, 0.3) is 11.8 Å². The lowest BCUT2D eigenvalue weighted by atomic mass is 9.90. The molecule has 4 atom stereocenters. The highest BCUT2D eigenvalue weighted by Gasteiger charge is 2.42. The molecule has 6 aromatic rings. The number of urea groups is 1. The number of likely N-dealkylation sites (N-methyl/N-ethyl adjacent to an activating group) is 1. The largest absolute Gasteiger partial charge is 0.508 e. The number of anilines is 3. The monoisotopic (exact) mass is 1460 g/mol. The van der Waals surface area contributed by atoms with E-state index in [2.05, 4.69) is 59.3 Å². The van der Waals surface area contributed by atoms with Gasteiger partial charge in [-0.15, -0.1) is 11.8 Å². The summed E-state index contributed by atoms with van der Waals surface area (Å²) in [6.07, 6.45) is 3.81. The summed E-state index contributed by atoms with van der Waals surface area (Å²) in [6.45, 7) is 15.6. The number of hydrogen-bond donors (Lipinski definition) is 8. The van der Waals surface area contributed by atoms with Gasteiger partial charge >= 0.3 is 24.3 Å². The molecule has 4 aromatic carbocycles. The number of phenolic OH excluding ortho intramolecular Hbond substituents is 1. The molecule has 11 amide bonds. The molecule has 0 saturated carbocycles. The number of aliphatic hydroxyl groups is 1. The third-order valence-corrected chi connectivity index (χ3v) is 19.3. The zero-order chi connectivity index (χ0) is 75.4. The molecule has 30 heteroatoms. The summed E-state index contributed by atoms with van der Waals surface area (Å²) in [5, 5.41) is 33.5. The van der Waals surface area contributed by atoms with Gasteiger partial charge in [0.15, 0.2) is 0 Å². The second-order valence-electron chi connectivity index (χ2n) is 27.0. The van der Waals surface area contributed by atoms with Gasteiger partial charge in [-0.3, -0.25) is 33.7 Å². The van der Waals surface area contributed by atoms with Crippen molar-refractivity contribution in [3.63, 3.8) is 0 Å². The fourth-order valence-electron chi connectivity index (χ4n) is 12.0. The van der Waals surface area contributed by atoms with Crippen molar-refractivity contribution in [3.8, 4) is 11.5 Å². The van der Waals surface area contributed by atoms with E-state index in [1.54, 1.807) is 78.0 Å². The number of likely N-dealkylation sites (tertiary alicyclic amines) is 1.